The van der Waals surface area contributed by atoms with E-state index in [4.69, 9.17) is 8.83 Å². The van der Waals surface area contributed by atoms with E-state index in [2.05, 4.69) is 33.9 Å². The van der Waals surface area contributed by atoms with Crippen molar-refractivity contribution >= 4 is 0 Å². The Bertz CT molecular complexity index is 556. The Hall–Kier alpha value is -1.66. The molecule has 0 bridgehead atoms. The van der Waals surface area contributed by atoms with Gasteiger partial charge in [0.15, 0.2) is 0 Å². The summed E-state index contributed by atoms with van der Waals surface area (Å²) in [4.78, 5) is 12.9. The molecule has 2 atom stereocenters. The normalized spacial score (nSPS) is 24.2. The van der Waals surface area contributed by atoms with Crippen molar-refractivity contribution < 1.29 is 8.83 Å². The van der Waals surface area contributed by atoms with Gasteiger partial charge in [-0.05, 0) is 52.9 Å². The first-order valence-electron chi connectivity index (χ1n) is 9.45. The average molecular weight is 348 g/mol. The topological polar surface area (TPSA) is 58.5 Å². The van der Waals surface area contributed by atoms with Gasteiger partial charge < -0.3 is 8.83 Å². The molecule has 2 fully saturated rings. The van der Waals surface area contributed by atoms with E-state index in [-0.39, 0.29) is 0 Å². The lowest BCUT2D eigenvalue weighted by Crippen LogP contribution is -2.29. The zero-order valence-corrected chi connectivity index (χ0v) is 16.0. The van der Waals surface area contributed by atoms with Gasteiger partial charge in [0.05, 0.1) is 24.5 Å². The molecule has 4 rings (SSSR count). The second-order valence-corrected chi connectivity index (χ2v) is 6.37. The number of piperidine rings is 1. The van der Waals surface area contributed by atoms with Crippen molar-refractivity contribution in [2.45, 2.75) is 58.0 Å². The molecule has 0 aromatic carbocycles. The van der Waals surface area contributed by atoms with E-state index in [1.165, 1.54) is 32.1 Å². The first kappa shape index (κ1) is 19.7. The van der Waals surface area contributed by atoms with Gasteiger partial charge in [0.2, 0.25) is 11.8 Å². The lowest BCUT2D eigenvalue weighted by atomic mass is 10.0. The van der Waals surface area contributed by atoms with Crippen molar-refractivity contribution in [2.24, 2.45) is 0 Å². The second kappa shape index (κ2) is 10.4. The molecule has 0 radical (unpaired) electrons. The Morgan fingerprint density at radius 2 is 1.28 bits per heavy atom. The minimum atomic E-state index is 0.411. The van der Waals surface area contributed by atoms with Crippen LogP contribution in [0.4, 0.5) is 0 Å². The molecule has 2 aliphatic rings. The number of aromatic nitrogens is 2. The average Bonchev–Trinajstić information content (AvgIpc) is 3.40. The van der Waals surface area contributed by atoms with Crippen molar-refractivity contribution in [3.8, 4) is 0 Å². The molecule has 140 valence electrons. The fraction of sp³-hybridized carbons (Fsp3) is 0.684. The highest BCUT2D eigenvalue weighted by molar-refractivity contribution is 4.94. The molecule has 2 saturated heterocycles. The summed E-state index contributed by atoms with van der Waals surface area (Å²) in [5.74, 6) is 1.74. The monoisotopic (exact) mass is 348 g/mol. The highest BCUT2D eigenvalue weighted by atomic mass is 16.3. The lowest BCUT2D eigenvalue weighted by molar-refractivity contribution is 0.159. The van der Waals surface area contributed by atoms with E-state index in [1.807, 2.05) is 13.8 Å². The first-order valence-corrected chi connectivity index (χ1v) is 9.45. The predicted octanol–water partition coefficient (Wildman–Crippen LogP) is 4.30. The maximum absolute atomic E-state index is 5.29. The van der Waals surface area contributed by atoms with E-state index >= 15 is 0 Å². The number of hydrogen-bond donors (Lipinski definition) is 0. The Morgan fingerprint density at radius 1 is 0.800 bits per heavy atom. The molecule has 2 unspecified atom stereocenters. The van der Waals surface area contributed by atoms with Gasteiger partial charge in [-0.25, -0.2) is 9.97 Å². The van der Waals surface area contributed by atoms with Crippen LogP contribution < -0.4 is 0 Å². The zero-order chi connectivity index (χ0) is 18.1. The third kappa shape index (κ3) is 5.41. The molecule has 0 N–H and O–H groups in total. The fourth-order valence-electron chi connectivity index (χ4n) is 3.41. The minimum Gasteiger partial charge on any atom is -0.447 e. The van der Waals surface area contributed by atoms with Crippen LogP contribution in [0.25, 0.3) is 0 Å². The molecule has 6 nitrogen and oxygen atoms in total. The van der Waals surface area contributed by atoms with Gasteiger partial charge in [-0.15, -0.1) is 0 Å². The summed E-state index contributed by atoms with van der Waals surface area (Å²) in [5.41, 5.74) is 0. The standard InChI is InChI=1S/C9H14N2O.C8H12N2O.C2H6/c1-11-6-3-2-4-8(11)9-10-5-7-12-9;1-10-5-2-3-7(10)8-9-4-6-11-8;1-2/h5,7-8H,2-4,6H2,1H3;4,6-7H,2-3,5H2,1H3;1-2H3. The molecule has 25 heavy (non-hydrogen) atoms. The third-order valence-electron chi connectivity index (χ3n) is 4.76. The van der Waals surface area contributed by atoms with Gasteiger partial charge in [0, 0.05) is 0 Å². The van der Waals surface area contributed by atoms with Crippen LogP contribution in [-0.2, 0) is 0 Å². The van der Waals surface area contributed by atoms with E-state index in [1.54, 1.807) is 24.9 Å². The SMILES string of the molecule is CC.CN1CCCC1c1ncco1.CN1CCCCC1c1ncco1. The number of nitrogens with zero attached hydrogens (tertiary/aromatic N) is 4. The van der Waals surface area contributed by atoms with Crippen LogP contribution in [0.5, 0.6) is 0 Å². The molecule has 2 aromatic rings. The van der Waals surface area contributed by atoms with Crippen LogP contribution in [-0.4, -0.2) is 47.0 Å². The quantitative estimate of drug-likeness (QED) is 0.806. The molecule has 4 heterocycles. The van der Waals surface area contributed by atoms with E-state index < -0.39 is 0 Å². The van der Waals surface area contributed by atoms with Crippen LogP contribution in [0.3, 0.4) is 0 Å². The summed E-state index contributed by atoms with van der Waals surface area (Å²) < 4.78 is 10.5. The zero-order valence-electron chi connectivity index (χ0n) is 16.0. The van der Waals surface area contributed by atoms with Gasteiger partial charge in [-0.2, -0.15) is 0 Å². The van der Waals surface area contributed by atoms with E-state index in [0.29, 0.717) is 12.1 Å². The highest BCUT2D eigenvalue weighted by Crippen LogP contribution is 2.29. The maximum atomic E-state index is 5.29. The Balaban J connectivity index is 0.000000165. The van der Waals surface area contributed by atoms with Gasteiger partial charge in [0.25, 0.3) is 0 Å². The number of likely N-dealkylation sites (tertiary alicyclic amines) is 2. The van der Waals surface area contributed by atoms with Gasteiger partial charge in [-0.1, -0.05) is 20.3 Å². The number of oxazole rings is 2. The van der Waals surface area contributed by atoms with Crippen LogP contribution in [0.2, 0.25) is 0 Å². The Kier molecular flexibility index (Phi) is 8.15. The summed E-state index contributed by atoms with van der Waals surface area (Å²) >= 11 is 0. The molecule has 0 amide bonds. The van der Waals surface area contributed by atoms with Crippen molar-refractivity contribution in [3.63, 3.8) is 0 Å². The van der Waals surface area contributed by atoms with Crippen molar-refractivity contribution in [1.82, 2.24) is 19.8 Å². The molecule has 2 aliphatic heterocycles. The summed E-state index contributed by atoms with van der Waals surface area (Å²) in [6.07, 6.45) is 12.9. The van der Waals surface area contributed by atoms with Crippen LogP contribution in [0.15, 0.2) is 33.8 Å². The summed E-state index contributed by atoms with van der Waals surface area (Å²) in [5, 5.41) is 0. The summed E-state index contributed by atoms with van der Waals surface area (Å²) in [7, 11) is 4.25. The largest absolute Gasteiger partial charge is 0.447 e. The molecule has 2 aromatic heterocycles. The van der Waals surface area contributed by atoms with Crippen molar-refractivity contribution in [3.05, 3.63) is 36.7 Å². The fourth-order valence-corrected chi connectivity index (χ4v) is 3.41. The van der Waals surface area contributed by atoms with Gasteiger partial charge in [-0.3, -0.25) is 9.80 Å². The smallest absolute Gasteiger partial charge is 0.211 e. The van der Waals surface area contributed by atoms with Gasteiger partial charge in [0.1, 0.15) is 12.5 Å². The first-order chi connectivity index (χ1) is 12.3. The Morgan fingerprint density at radius 3 is 1.64 bits per heavy atom. The predicted molar refractivity (Wildman–Crippen MR) is 98.2 cm³/mol. The molecule has 6 heteroatoms. The maximum Gasteiger partial charge on any atom is 0.211 e. The minimum absolute atomic E-state index is 0.411. The number of hydrogen-bond acceptors (Lipinski definition) is 6. The number of rotatable bonds is 2. The molecular formula is C19H32N4O2. The molecule has 0 saturated carbocycles. The second-order valence-electron chi connectivity index (χ2n) is 6.37. The van der Waals surface area contributed by atoms with Crippen LogP contribution in [0.1, 0.15) is 69.8 Å². The molecular weight excluding hydrogens is 316 g/mol. The summed E-state index contributed by atoms with van der Waals surface area (Å²) in [6.45, 7) is 6.32. The summed E-state index contributed by atoms with van der Waals surface area (Å²) in [6, 6.07) is 0.832. The van der Waals surface area contributed by atoms with Crippen molar-refractivity contribution in [2.75, 3.05) is 27.2 Å². The third-order valence-corrected chi connectivity index (χ3v) is 4.76. The van der Waals surface area contributed by atoms with Crippen LogP contribution >= 0.6 is 0 Å². The lowest BCUT2D eigenvalue weighted by Gasteiger charge is -2.29. The van der Waals surface area contributed by atoms with E-state index in [0.717, 1.165) is 24.9 Å². The Labute approximate surface area is 151 Å². The highest BCUT2D eigenvalue weighted by Gasteiger charge is 2.25. The molecule has 0 spiro atoms. The molecule has 0 aliphatic carbocycles. The van der Waals surface area contributed by atoms with Gasteiger partial charge >= 0.3 is 0 Å². The van der Waals surface area contributed by atoms with E-state index in [9.17, 15) is 0 Å². The van der Waals surface area contributed by atoms with Crippen molar-refractivity contribution in [1.29, 1.82) is 0 Å². The van der Waals surface area contributed by atoms with Crippen LogP contribution in [0, 0.1) is 0 Å².